The van der Waals surface area contributed by atoms with E-state index in [-0.39, 0.29) is 48.2 Å². The van der Waals surface area contributed by atoms with Crippen molar-refractivity contribution in [2.24, 2.45) is 11.8 Å². The van der Waals surface area contributed by atoms with Crippen molar-refractivity contribution in [3.05, 3.63) is 0 Å². The Kier molecular flexibility index (Phi) is 6.47. The van der Waals surface area contributed by atoms with Crippen molar-refractivity contribution in [2.45, 2.75) is 43.5 Å². The quantitative estimate of drug-likeness (QED) is 0.564. The zero-order valence-electron chi connectivity index (χ0n) is 13.1. The Labute approximate surface area is 136 Å². The average Bonchev–Trinajstić information content (AvgIpc) is 2.96. The lowest BCUT2D eigenvalue weighted by molar-refractivity contribution is -0.157. The highest BCUT2D eigenvalue weighted by Gasteiger charge is 2.47. The number of hydroxylamine groups is 2. The molecule has 2 aliphatic rings. The maximum atomic E-state index is 12.1. The van der Waals surface area contributed by atoms with E-state index >= 15 is 0 Å². The molecule has 22 heavy (non-hydrogen) atoms. The third kappa shape index (κ3) is 3.91. The molecule has 4 atom stereocenters. The summed E-state index contributed by atoms with van der Waals surface area (Å²) >= 11 is 6.51. The molecule has 126 valence electrons. The van der Waals surface area contributed by atoms with Crippen LogP contribution in [0.25, 0.3) is 0 Å². The van der Waals surface area contributed by atoms with Crippen LogP contribution in [0.15, 0.2) is 0 Å². The van der Waals surface area contributed by atoms with E-state index in [4.69, 9.17) is 21.2 Å². The number of nitrogens with zero attached hydrogens (tertiary/aromatic N) is 1. The standard InChI is InChI=1S/C15H24ClNO5/c1-20-13(18)7-8-17-14(10-5-3-4-6-12(10)16)11(9-22-17)15(19)21-2/h10-12,14H,3-9H2,1-2H3/t10?,11-,12?,14+/m1/s1. The third-order valence-corrected chi connectivity index (χ3v) is 5.15. The third-order valence-electron chi connectivity index (χ3n) is 4.60. The monoisotopic (exact) mass is 333 g/mol. The van der Waals surface area contributed by atoms with Gasteiger partial charge in [0.25, 0.3) is 0 Å². The van der Waals surface area contributed by atoms with E-state index in [1.165, 1.54) is 14.2 Å². The van der Waals surface area contributed by atoms with Crippen molar-refractivity contribution < 1.29 is 23.9 Å². The molecule has 0 aromatic heterocycles. The van der Waals surface area contributed by atoms with Gasteiger partial charge < -0.3 is 9.47 Å². The summed E-state index contributed by atoms with van der Waals surface area (Å²) in [6.07, 6.45) is 4.35. The van der Waals surface area contributed by atoms with Gasteiger partial charge in [-0.1, -0.05) is 12.8 Å². The molecule has 2 fully saturated rings. The Hall–Kier alpha value is -0.850. The van der Waals surface area contributed by atoms with Crippen LogP contribution in [0.1, 0.15) is 32.1 Å². The topological polar surface area (TPSA) is 65.1 Å². The maximum Gasteiger partial charge on any atom is 0.312 e. The molecule has 0 radical (unpaired) electrons. The summed E-state index contributed by atoms with van der Waals surface area (Å²) in [5.74, 6) is -0.762. The van der Waals surface area contributed by atoms with E-state index < -0.39 is 0 Å². The molecule has 7 heteroatoms. The fourth-order valence-electron chi connectivity index (χ4n) is 3.45. The predicted molar refractivity (Wildman–Crippen MR) is 80.2 cm³/mol. The normalized spacial score (nSPS) is 32.7. The van der Waals surface area contributed by atoms with Crippen LogP contribution in [-0.2, 0) is 23.9 Å². The second-order valence-electron chi connectivity index (χ2n) is 5.85. The van der Waals surface area contributed by atoms with E-state index in [1.54, 1.807) is 5.06 Å². The summed E-state index contributed by atoms with van der Waals surface area (Å²) in [6, 6.07) is -0.139. The summed E-state index contributed by atoms with van der Waals surface area (Å²) in [5.41, 5.74) is 0. The lowest BCUT2D eigenvalue weighted by atomic mass is 9.78. The molecule has 6 nitrogen and oxygen atoms in total. The molecular weight excluding hydrogens is 310 g/mol. The zero-order chi connectivity index (χ0) is 16.1. The minimum absolute atomic E-state index is 0.0215. The molecule has 0 bridgehead atoms. The average molecular weight is 334 g/mol. The smallest absolute Gasteiger partial charge is 0.312 e. The Morgan fingerprint density at radius 2 is 1.95 bits per heavy atom. The van der Waals surface area contributed by atoms with Crippen molar-refractivity contribution in [3.63, 3.8) is 0 Å². The molecule has 1 saturated heterocycles. The van der Waals surface area contributed by atoms with Gasteiger partial charge in [-0.3, -0.25) is 14.4 Å². The largest absolute Gasteiger partial charge is 0.469 e. The van der Waals surface area contributed by atoms with E-state index in [1.807, 2.05) is 0 Å². The van der Waals surface area contributed by atoms with Gasteiger partial charge in [0.1, 0.15) is 5.92 Å². The molecule has 0 spiro atoms. The minimum atomic E-state index is -0.355. The van der Waals surface area contributed by atoms with E-state index in [9.17, 15) is 9.59 Å². The van der Waals surface area contributed by atoms with Gasteiger partial charge in [-0.25, -0.2) is 0 Å². The lowest BCUT2D eigenvalue weighted by Gasteiger charge is -2.37. The second-order valence-corrected chi connectivity index (χ2v) is 6.41. The van der Waals surface area contributed by atoms with E-state index in [2.05, 4.69) is 4.74 Å². The number of alkyl halides is 1. The van der Waals surface area contributed by atoms with Gasteiger partial charge in [-0.2, -0.15) is 5.06 Å². The van der Waals surface area contributed by atoms with Crippen molar-refractivity contribution >= 4 is 23.5 Å². The number of esters is 2. The van der Waals surface area contributed by atoms with Crippen LogP contribution in [0.5, 0.6) is 0 Å². The molecule has 0 amide bonds. The second kappa shape index (κ2) is 8.13. The molecule has 2 rings (SSSR count). The van der Waals surface area contributed by atoms with Crippen LogP contribution in [0, 0.1) is 11.8 Å². The molecule has 1 heterocycles. The van der Waals surface area contributed by atoms with Crippen LogP contribution in [0.4, 0.5) is 0 Å². The van der Waals surface area contributed by atoms with Gasteiger partial charge >= 0.3 is 11.9 Å². The first-order valence-electron chi connectivity index (χ1n) is 7.76. The Morgan fingerprint density at radius 3 is 2.59 bits per heavy atom. The van der Waals surface area contributed by atoms with E-state index in [0.29, 0.717) is 6.54 Å². The molecular formula is C15H24ClNO5. The van der Waals surface area contributed by atoms with Gasteiger partial charge in [0.15, 0.2) is 0 Å². The van der Waals surface area contributed by atoms with Crippen molar-refractivity contribution in [1.29, 1.82) is 0 Å². The summed E-state index contributed by atoms with van der Waals surface area (Å²) in [5, 5.41) is 1.76. The van der Waals surface area contributed by atoms with Crippen molar-refractivity contribution in [2.75, 3.05) is 27.4 Å². The van der Waals surface area contributed by atoms with Crippen LogP contribution in [0.2, 0.25) is 0 Å². The highest BCUT2D eigenvalue weighted by molar-refractivity contribution is 6.20. The SMILES string of the molecule is COC(=O)CCN1OC[C@@H](C(=O)OC)[C@@H]1C1CCCCC1Cl. The number of halogens is 1. The molecule has 0 aromatic carbocycles. The Balaban J connectivity index is 2.10. The fourth-order valence-corrected chi connectivity index (χ4v) is 3.88. The predicted octanol–water partition coefficient (Wildman–Crippen LogP) is 1.75. The molecule has 0 N–H and O–H groups in total. The number of carbonyl (C=O) groups is 2. The first-order chi connectivity index (χ1) is 10.6. The van der Waals surface area contributed by atoms with Crippen LogP contribution >= 0.6 is 11.6 Å². The van der Waals surface area contributed by atoms with Gasteiger partial charge in [0, 0.05) is 11.9 Å². The first kappa shape index (κ1) is 17.5. The number of methoxy groups -OCH3 is 2. The summed E-state index contributed by atoms with van der Waals surface area (Å²) in [4.78, 5) is 29.1. The van der Waals surface area contributed by atoms with Crippen LogP contribution in [0.3, 0.4) is 0 Å². The lowest BCUT2D eigenvalue weighted by Crippen LogP contribution is -2.46. The number of hydrogen-bond acceptors (Lipinski definition) is 6. The van der Waals surface area contributed by atoms with Crippen LogP contribution < -0.4 is 0 Å². The summed E-state index contributed by atoms with van der Waals surface area (Å²) in [7, 11) is 2.74. The zero-order valence-corrected chi connectivity index (χ0v) is 13.9. The van der Waals surface area contributed by atoms with Gasteiger partial charge in [-0.05, 0) is 18.8 Å². The summed E-state index contributed by atoms with van der Waals surface area (Å²) in [6.45, 7) is 0.670. The maximum absolute atomic E-state index is 12.1. The molecule has 1 saturated carbocycles. The highest BCUT2D eigenvalue weighted by Crippen LogP contribution is 2.39. The fraction of sp³-hybridized carbons (Fsp3) is 0.867. The Morgan fingerprint density at radius 1 is 1.23 bits per heavy atom. The van der Waals surface area contributed by atoms with Gasteiger partial charge in [-0.15, -0.1) is 11.6 Å². The first-order valence-corrected chi connectivity index (χ1v) is 8.20. The number of rotatable bonds is 5. The number of ether oxygens (including phenoxy) is 2. The molecule has 1 aliphatic heterocycles. The molecule has 2 unspecified atom stereocenters. The minimum Gasteiger partial charge on any atom is -0.469 e. The Bertz CT molecular complexity index is 405. The van der Waals surface area contributed by atoms with Crippen molar-refractivity contribution in [1.82, 2.24) is 5.06 Å². The number of hydrogen-bond donors (Lipinski definition) is 0. The van der Waals surface area contributed by atoms with Crippen molar-refractivity contribution in [3.8, 4) is 0 Å². The molecule has 1 aliphatic carbocycles. The van der Waals surface area contributed by atoms with E-state index in [0.717, 1.165) is 25.7 Å². The number of carbonyl (C=O) groups excluding carboxylic acids is 2. The van der Waals surface area contributed by atoms with Gasteiger partial charge in [0.05, 0.1) is 33.3 Å². The molecule has 0 aromatic rings. The summed E-state index contributed by atoms with van der Waals surface area (Å²) < 4.78 is 9.57. The van der Waals surface area contributed by atoms with Crippen LogP contribution in [-0.4, -0.2) is 55.8 Å². The highest BCUT2D eigenvalue weighted by atomic mass is 35.5. The van der Waals surface area contributed by atoms with Gasteiger partial charge in [0.2, 0.25) is 0 Å².